The Kier molecular flexibility index (Phi) is 6.15. The van der Waals surface area contributed by atoms with Crippen molar-refractivity contribution in [2.45, 2.75) is 34.3 Å². The summed E-state index contributed by atoms with van der Waals surface area (Å²) in [5.74, 6) is 0.0962. The molecule has 146 valence electrons. The first-order chi connectivity index (χ1) is 13.3. The maximum absolute atomic E-state index is 13.2. The van der Waals surface area contributed by atoms with Gasteiger partial charge in [-0.25, -0.2) is 9.37 Å². The zero-order chi connectivity index (χ0) is 20.4. The molecule has 0 bridgehead atoms. The van der Waals surface area contributed by atoms with Gasteiger partial charge in [-0.2, -0.15) is 0 Å². The fraction of sp³-hybridized carbons (Fsp3) is 0.238. The molecule has 0 unspecified atom stereocenters. The molecule has 7 heteroatoms. The Morgan fingerprint density at radius 3 is 2.50 bits per heavy atom. The number of hydrogen-bond donors (Lipinski definition) is 0. The van der Waals surface area contributed by atoms with Gasteiger partial charge in [0, 0.05) is 12.3 Å². The monoisotopic (exact) mass is 462 g/mol. The summed E-state index contributed by atoms with van der Waals surface area (Å²) in [7, 11) is 0. The van der Waals surface area contributed by atoms with Crippen molar-refractivity contribution in [3.05, 3.63) is 68.4 Å². The van der Waals surface area contributed by atoms with Crippen LogP contribution in [0.25, 0.3) is 0 Å². The first kappa shape index (κ1) is 20.5. The van der Waals surface area contributed by atoms with Crippen molar-refractivity contribution in [2.24, 2.45) is 0 Å². The minimum atomic E-state index is -0.337. The quantitative estimate of drug-likeness (QED) is 0.450. The van der Waals surface area contributed by atoms with Gasteiger partial charge < -0.3 is 4.74 Å². The van der Waals surface area contributed by atoms with E-state index in [1.165, 1.54) is 30.4 Å². The molecule has 0 atom stereocenters. The van der Waals surface area contributed by atoms with Crippen LogP contribution in [0.3, 0.4) is 0 Å². The molecule has 0 saturated carbocycles. The number of rotatable bonds is 5. The number of halogens is 2. The number of benzene rings is 2. The lowest BCUT2D eigenvalue weighted by Crippen LogP contribution is -2.24. The molecule has 0 radical (unpaired) electrons. The number of amides is 1. The lowest BCUT2D eigenvalue weighted by atomic mass is 10.0. The maximum atomic E-state index is 13.2. The third-order valence-electron chi connectivity index (χ3n) is 4.17. The highest BCUT2D eigenvalue weighted by molar-refractivity contribution is 9.10. The van der Waals surface area contributed by atoms with Gasteiger partial charge in [0.2, 0.25) is 5.91 Å². The maximum Gasteiger partial charge on any atom is 0.230 e. The van der Waals surface area contributed by atoms with Gasteiger partial charge in [0.15, 0.2) is 5.13 Å². The summed E-state index contributed by atoms with van der Waals surface area (Å²) in [4.78, 5) is 18.6. The summed E-state index contributed by atoms with van der Waals surface area (Å²) in [5, 5.41) is 2.46. The van der Waals surface area contributed by atoms with Crippen molar-refractivity contribution in [1.29, 1.82) is 0 Å². The van der Waals surface area contributed by atoms with Crippen molar-refractivity contribution >= 4 is 44.0 Å². The molecule has 28 heavy (non-hydrogen) atoms. The Bertz CT molecular complexity index is 1010. The van der Waals surface area contributed by atoms with Gasteiger partial charge in [0.25, 0.3) is 0 Å². The van der Waals surface area contributed by atoms with Crippen LogP contribution >= 0.6 is 27.3 Å². The molecule has 0 spiro atoms. The molecule has 4 nitrogen and oxygen atoms in total. The van der Waals surface area contributed by atoms with Crippen molar-refractivity contribution < 1.29 is 13.9 Å². The molecule has 1 heterocycles. The van der Waals surface area contributed by atoms with Crippen LogP contribution in [0.4, 0.5) is 15.2 Å². The molecule has 0 N–H and O–H groups in total. The number of hydrogen-bond acceptors (Lipinski definition) is 4. The second kappa shape index (κ2) is 8.41. The predicted octanol–water partition coefficient (Wildman–Crippen LogP) is 6.23. The molecular formula is C21H20BrFN2O2S. The van der Waals surface area contributed by atoms with Crippen LogP contribution in [0.1, 0.15) is 29.3 Å². The first-order valence-electron chi connectivity index (χ1n) is 8.67. The SMILES string of the molecule is CC(=O)N(c1nc(COc2ccc(F)cc2Br)cs1)c1c(C)cc(C)cc1C. The van der Waals surface area contributed by atoms with Crippen molar-refractivity contribution in [1.82, 2.24) is 4.98 Å². The van der Waals surface area contributed by atoms with Crippen LogP contribution in [0, 0.1) is 26.6 Å². The molecule has 2 aromatic carbocycles. The topological polar surface area (TPSA) is 42.4 Å². The third-order valence-corrected chi connectivity index (χ3v) is 5.67. The number of ether oxygens (including phenoxy) is 1. The molecule has 3 rings (SSSR count). The number of aryl methyl sites for hydroxylation is 3. The Labute approximate surface area is 176 Å². The first-order valence-corrected chi connectivity index (χ1v) is 10.3. The highest BCUT2D eigenvalue weighted by atomic mass is 79.9. The molecule has 1 amide bonds. The summed E-state index contributed by atoms with van der Waals surface area (Å²) in [6.45, 7) is 7.78. The average Bonchev–Trinajstić information content (AvgIpc) is 3.05. The number of carbonyl (C=O) groups is 1. The van der Waals surface area contributed by atoms with E-state index in [1.807, 2.05) is 26.2 Å². The lowest BCUT2D eigenvalue weighted by Gasteiger charge is -2.23. The highest BCUT2D eigenvalue weighted by Crippen LogP contribution is 2.35. The second-order valence-corrected chi connectivity index (χ2v) is 8.28. The van der Waals surface area contributed by atoms with E-state index < -0.39 is 0 Å². The Morgan fingerprint density at radius 2 is 1.89 bits per heavy atom. The third kappa shape index (κ3) is 4.42. The predicted molar refractivity (Wildman–Crippen MR) is 114 cm³/mol. The van der Waals surface area contributed by atoms with E-state index in [1.54, 1.807) is 11.0 Å². The molecule has 0 fully saturated rings. The smallest absolute Gasteiger partial charge is 0.230 e. The van der Waals surface area contributed by atoms with Gasteiger partial charge in [0.05, 0.1) is 15.9 Å². The van der Waals surface area contributed by atoms with Gasteiger partial charge >= 0.3 is 0 Å². The number of carbonyl (C=O) groups excluding carboxylic acids is 1. The molecule has 0 saturated heterocycles. The van der Waals surface area contributed by atoms with Gasteiger partial charge in [-0.1, -0.05) is 17.7 Å². The molecule has 0 aliphatic rings. The van der Waals surface area contributed by atoms with Gasteiger partial charge in [0.1, 0.15) is 18.2 Å². The minimum Gasteiger partial charge on any atom is -0.486 e. The molecular weight excluding hydrogens is 443 g/mol. The molecule has 1 aromatic heterocycles. The fourth-order valence-corrected chi connectivity index (χ4v) is 4.44. The van der Waals surface area contributed by atoms with E-state index in [9.17, 15) is 9.18 Å². The summed E-state index contributed by atoms with van der Waals surface area (Å²) in [6.07, 6.45) is 0. The minimum absolute atomic E-state index is 0.0989. The van der Waals surface area contributed by atoms with Crippen molar-refractivity contribution in [3.63, 3.8) is 0 Å². The van der Waals surface area contributed by atoms with Crippen LogP contribution in [0.5, 0.6) is 5.75 Å². The zero-order valence-electron chi connectivity index (χ0n) is 16.0. The van der Waals surface area contributed by atoms with E-state index in [2.05, 4.69) is 33.0 Å². The fourth-order valence-electron chi connectivity index (χ4n) is 3.12. The van der Waals surface area contributed by atoms with Crippen LogP contribution < -0.4 is 9.64 Å². The van der Waals surface area contributed by atoms with Crippen LogP contribution in [-0.4, -0.2) is 10.9 Å². The number of aromatic nitrogens is 1. The van der Waals surface area contributed by atoms with Crippen LogP contribution in [0.15, 0.2) is 40.2 Å². The summed E-state index contributed by atoms with van der Waals surface area (Å²) < 4.78 is 19.5. The van der Waals surface area contributed by atoms with E-state index in [0.29, 0.717) is 21.0 Å². The molecule has 0 aliphatic carbocycles. The number of anilines is 2. The van der Waals surface area contributed by atoms with Crippen LogP contribution in [-0.2, 0) is 11.4 Å². The Morgan fingerprint density at radius 1 is 1.21 bits per heavy atom. The van der Waals surface area contributed by atoms with Crippen molar-refractivity contribution in [3.8, 4) is 5.75 Å². The normalized spacial score (nSPS) is 10.8. The Balaban J connectivity index is 1.85. The average molecular weight is 463 g/mol. The van der Waals surface area contributed by atoms with Crippen LogP contribution in [0.2, 0.25) is 0 Å². The second-order valence-electron chi connectivity index (χ2n) is 6.59. The Hall–Kier alpha value is -2.25. The number of thiazole rings is 1. The standard InChI is InChI=1S/C21H20BrFN2O2S/c1-12-7-13(2)20(14(3)8-12)25(15(4)26)21-24-17(11-28-21)10-27-19-6-5-16(23)9-18(19)22/h5-9,11H,10H2,1-4H3. The van der Waals surface area contributed by atoms with E-state index in [4.69, 9.17) is 4.74 Å². The summed E-state index contributed by atoms with van der Waals surface area (Å²) >= 11 is 4.67. The van der Waals surface area contributed by atoms with E-state index >= 15 is 0 Å². The lowest BCUT2D eigenvalue weighted by molar-refractivity contribution is -0.115. The summed E-state index contributed by atoms with van der Waals surface area (Å²) in [6, 6.07) is 8.37. The molecule has 0 aliphatic heterocycles. The van der Waals surface area contributed by atoms with Gasteiger partial charge in [-0.05, 0) is 66.0 Å². The zero-order valence-corrected chi connectivity index (χ0v) is 18.4. The number of nitrogens with zero attached hydrogens (tertiary/aromatic N) is 2. The highest BCUT2D eigenvalue weighted by Gasteiger charge is 2.22. The van der Waals surface area contributed by atoms with Gasteiger partial charge in [-0.3, -0.25) is 9.69 Å². The van der Waals surface area contributed by atoms with E-state index in [0.717, 1.165) is 22.4 Å². The largest absolute Gasteiger partial charge is 0.486 e. The van der Waals surface area contributed by atoms with Gasteiger partial charge in [-0.15, -0.1) is 11.3 Å². The van der Waals surface area contributed by atoms with Crippen molar-refractivity contribution in [2.75, 3.05) is 4.90 Å². The summed E-state index contributed by atoms with van der Waals surface area (Å²) in [5.41, 5.74) is 4.76. The van der Waals surface area contributed by atoms with E-state index in [-0.39, 0.29) is 18.3 Å². The molecule has 3 aromatic rings.